The Morgan fingerprint density at radius 2 is 2.17 bits per heavy atom. The lowest BCUT2D eigenvalue weighted by molar-refractivity contribution is 0.435. The van der Waals surface area contributed by atoms with Crippen LogP contribution < -0.4 is 10.5 Å². The second-order valence-corrected chi connectivity index (χ2v) is 4.56. The topological polar surface area (TPSA) is 35.2 Å². The van der Waals surface area contributed by atoms with E-state index in [1.54, 1.807) is 18.2 Å². The van der Waals surface area contributed by atoms with Crippen LogP contribution in [0.5, 0.6) is 5.75 Å². The fourth-order valence-corrected chi connectivity index (χ4v) is 1.67. The maximum absolute atomic E-state index is 13.5. The standard InChI is InChI=1S/C14H15BrFNO/c1-4-6-12(9(3)5-2)18-13-8-10(15)7-11(16)14(13)17/h4-8H,1,17H2,2-3H3/b9-5-,12-6+. The third-order valence-corrected chi connectivity index (χ3v) is 2.83. The average molecular weight is 312 g/mol. The molecule has 0 bridgehead atoms. The van der Waals surface area contributed by atoms with Crippen molar-refractivity contribution in [3.63, 3.8) is 0 Å². The number of anilines is 1. The molecule has 1 rings (SSSR count). The van der Waals surface area contributed by atoms with Crippen LogP contribution in [0.3, 0.4) is 0 Å². The number of nitrogen functional groups attached to an aromatic ring is 1. The van der Waals surface area contributed by atoms with Gasteiger partial charge in [0.15, 0.2) is 11.6 Å². The van der Waals surface area contributed by atoms with E-state index in [0.717, 1.165) is 5.57 Å². The predicted molar refractivity (Wildman–Crippen MR) is 76.9 cm³/mol. The van der Waals surface area contributed by atoms with Crippen molar-refractivity contribution in [1.82, 2.24) is 0 Å². The van der Waals surface area contributed by atoms with E-state index in [1.807, 2.05) is 19.9 Å². The van der Waals surface area contributed by atoms with Crippen molar-refractivity contribution in [1.29, 1.82) is 0 Å². The summed E-state index contributed by atoms with van der Waals surface area (Å²) >= 11 is 3.20. The Balaban J connectivity index is 3.17. The Labute approximate surface area is 115 Å². The number of halogens is 2. The number of benzene rings is 1. The molecule has 0 aliphatic carbocycles. The van der Waals surface area contributed by atoms with E-state index in [0.29, 0.717) is 10.2 Å². The van der Waals surface area contributed by atoms with Crippen LogP contribution in [-0.2, 0) is 0 Å². The summed E-state index contributed by atoms with van der Waals surface area (Å²) in [6, 6.07) is 2.92. The first kappa shape index (κ1) is 14.5. The Morgan fingerprint density at radius 3 is 2.72 bits per heavy atom. The minimum Gasteiger partial charge on any atom is -0.455 e. The Kier molecular flexibility index (Phi) is 5.16. The van der Waals surface area contributed by atoms with Gasteiger partial charge in [0.2, 0.25) is 0 Å². The largest absolute Gasteiger partial charge is 0.455 e. The first-order valence-electron chi connectivity index (χ1n) is 5.38. The lowest BCUT2D eigenvalue weighted by Crippen LogP contribution is -2.01. The van der Waals surface area contributed by atoms with Gasteiger partial charge in [-0.05, 0) is 37.6 Å². The number of rotatable bonds is 4. The summed E-state index contributed by atoms with van der Waals surface area (Å²) in [6.07, 6.45) is 5.19. The number of hydrogen-bond acceptors (Lipinski definition) is 2. The van der Waals surface area contributed by atoms with Gasteiger partial charge in [-0.25, -0.2) is 4.39 Å². The quantitative estimate of drug-likeness (QED) is 0.501. The smallest absolute Gasteiger partial charge is 0.154 e. The lowest BCUT2D eigenvalue weighted by atomic mass is 10.2. The predicted octanol–water partition coefficient (Wildman–Crippen LogP) is 4.59. The second-order valence-electron chi connectivity index (χ2n) is 3.64. The third-order valence-electron chi connectivity index (χ3n) is 2.37. The molecular formula is C14H15BrFNO. The molecule has 4 heteroatoms. The van der Waals surface area contributed by atoms with Gasteiger partial charge in [-0.2, -0.15) is 0 Å². The maximum atomic E-state index is 13.5. The zero-order valence-electron chi connectivity index (χ0n) is 10.3. The van der Waals surface area contributed by atoms with E-state index in [2.05, 4.69) is 22.5 Å². The van der Waals surface area contributed by atoms with Gasteiger partial charge in [0.25, 0.3) is 0 Å². The van der Waals surface area contributed by atoms with E-state index in [4.69, 9.17) is 10.5 Å². The summed E-state index contributed by atoms with van der Waals surface area (Å²) in [6.45, 7) is 7.40. The van der Waals surface area contributed by atoms with E-state index in [1.165, 1.54) is 6.07 Å². The molecule has 1 aromatic carbocycles. The minimum atomic E-state index is -0.518. The highest BCUT2D eigenvalue weighted by Gasteiger charge is 2.11. The zero-order chi connectivity index (χ0) is 13.7. The molecule has 2 N–H and O–H groups in total. The molecule has 0 heterocycles. The summed E-state index contributed by atoms with van der Waals surface area (Å²) in [5, 5.41) is 0. The minimum absolute atomic E-state index is 0.0166. The van der Waals surface area contributed by atoms with Crippen molar-refractivity contribution >= 4 is 21.6 Å². The molecule has 18 heavy (non-hydrogen) atoms. The van der Waals surface area contributed by atoms with Gasteiger partial charge in [-0.3, -0.25) is 0 Å². The summed E-state index contributed by atoms with van der Waals surface area (Å²) in [5.41, 5.74) is 6.54. The van der Waals surface area contributed by atoms with Crippen LogP contribution in [0, 0.1) is 5.82 Å². The summed E-state index contributed by atoms with van der Waals surface area (Å²) in [5.74, 6) is 0.336. The molecule has 0 unspecified atom stereocenters. The van der Waals surface area contributed by atoms with Crippen molar-refractivity contribution in [3.8, 4) is 5.75 Å². The molecule has 0 amide bonds. The molecule has 0 atom stereocenters. The van der Waals surface area contributed by atoms with Gasteiger partial charge < -0.3 is 10.5 Å². The molecule has 1 aromatic rings. The fourth-order valence-electron chi connectivity index (χ4n) is 1.26. The van der Waals surface area contributed by atoms with Crippen molar-refractivity contribution in [2.24, 2.45) is 0 Å². The molecular weight excluding hydrogens is 297 g/mol. The fraction of sp³-hybridized carbons (Fsp3) is 0.143. The van der Waals surface area contributed by atoms with E-state index in [9.17, 15) is 4.39 Å². The highest BCUT2D eigenvalue weighted by Crippen LogP contribution is 2.31. The van der Waals surface area contributed by atoms with Crippen molar-refractivity contribution in [2.75, 3.05) is 5.73 Å². The lowest BCUT2D eigenvalue weighted by Gasteiger charge is -2.13. The highest BCUT2D eigenvalue weighted by molar-refractivity contribution is 9.10. The summed E-state index contributed by atoms with van der Waals surface area (Å²) in [4.78, 5) is 0. The Bertz CT molecular complexity index is 521. The number of hydrogen-bond donors (Lipinski definition) is 1. The van der Waals surface area contributed by atoms with Crippen molar-refractivity contribution < 1.29 is 9.13 Å². The zero-order valence-corrected chi connectivity index (χ0v) is 11.9. The molecule has 0 aliphatic heterocycles. The summed E-state index contributed by atoms with van der Waals surface area (Å²) < 4.78 is 19.7. The Hall–Kier alpha value is -1.55. The number of ether oxygens (including phenoxy) is 1. The van der Waals surface area contributed by atoms with Crippen LogP contribution in [0.25, 0.3) is 0 Å². The van der Waals surface area contributed by atoms with Gasteiger partial charge in [0, 0.05) is 4.47 Å². The molecule has 96 valence electrons. The summed E-state index contributed by atoms with van der Waals surface area (Å²) in [7, 11) is 0. The first-order chi connectivity index (χ1) is 8.49. The molecule has 0 spiro atoms. The monoisotopic (exact) mass is 311 g/mol. The molecule has 0 fully saturated rings. The van der Waals surface area contributed by atoms with Gasteiger partial charge in [-0.15, -0.1) is 0 Å². The van der Waals surface area contributed by atoms with Gasteiger partial charge in [-0.1, -0.05) is 34.7 Å². The number of allylic oxidation sites excluding steroid dienone is 4. The highest BCUT2D eigenvalue weighted by atomic mass is 79.9. The van der Waals surface area contributed by atoms with Gasteiger partial charge in [0.1, 0.15) is 11.4 Å². The average Bonchev–Trinajstić information content (AvgIpc) is 2.33. The van der Waals surface area contributed by atoms with E-state index < -0.39 is 5.82 Å². The van der Waals surface area contributed by atoms with Crippen LogP contribution in [0.15, 0.2) is 52.7 Å². The molecule has 2 nitrogen and oxygen atoms in total. The van der Waals surface area contributed by atoms with E-state index in [-0.39, 0.29) is 11.4 Å². The van der Waals surface area contributed by atoms with Crippen LogP contribution in [0.1, 0.15) is 13.8 Å². The molecule has 0 saturated carbocycles. The normalized spacial score (nSPS) is 12.4. The van der Waals surface area contributed by atoms with Crippen LogP contribution in [0.4, 0.5) is 10.1 Å². The van der Waals surface area contributed by atoms with Gasteiger partial charge in [0.05, 0.1) is 0 Å². The second kappa shape index (κ2) is 6.40. The van der Waals surface area contributed by atoms with E-state index >= 15 is 0 Å². The molecule has 0 saturated heterocycles. The van der Waals surface area contributed by atoms with Crippen molar-refractivity contribution in [2.45, 2.75) is 13.8 Å². The van der Waals surface area contributed by atoms with Crippen LogP contribution in [-0.4, -0.2) is 0 Å². The molecule has 0 aliphatic rings. The SMILES string of the molecule is C=C/C=C(Oc1cc(Br)cc(F)c1N)\C(C)=C/C. The molecule has 0 radical (unpaired) electrons. The molecule has 0 aromatic heterocycles. The Morgan fingerprint density at radius 1 is 1.50 bits per heavy atom. The van der Waals surface area contributed by atoms with Crippen LogP contribution >= 0.6 is 15.9 Å². The number of nitrogens with two attached hydrogens (primary N) is 1. The van der Waals surface area contributed by atoms with Crippen LogP contribution in [0.2, 0.25) is 0 Å². The first-order valence-corrected chi connectivity index (χ1v) is 6.17. The van der Waals surface area contributed by atoms with Gasteiger partial charge >= 0.3 is 0 Å². The van der Waals surface area contributed by atoms with Crippen molar-refractivity contribution in [3.05, 3.63) is 58.6 Å². The third kappa shape index (κ3) is 3.47. The maximum Gasteiger partial charge on any atom is 0.154 e.